The van der Waals surface area contributed by atoms with Gasteiger partial charge in [0, 0.05) is 24.5 Å². The second-order valence-corrected chi connectivity index (χ2v) is 8.68. The summed E-state index contributed by atoms with van der Waals surface area (Å²) in [5, 5.41) is 11.4. The number of ketones is 1. The highest BCUT2D eigenvalue weighted by molar-refractivity contribution is 6.46. The molecule has 0 saturated carbocycles. The fourth-order valence-corrected chi connectivity index (χ4v) is 4.31. The number of halogens is 1. The number of nitrogens with zero attached hydrogens (tertiary/aromatic N) is 2. The Balaban J connectivity index is 1.86. The van der Waals surface area contributed by atoms with Gasteiger partial charge in [-0.15, -0.1) is 0 Å². The van der Waals surface area contributed by atoms with Gasteiger partial charge < -0.3 is 14.7 Å². The summed E-state index contributed by atoms with van der Waals surface area (Å²) in [5.41, 5.74) is 2.49. The number of carbonyl (C=O) groups is 2. The van der Waals surface area contributed by atoms with Gasteiger partial charge in [-0.25, -0.2) is 4.39 Å². The molecule has 1 amide bonds. The summed E-state index contributed by atoms with van der Waals surface area (Å²) in [7, 11) is 0. The molecule has 1 aromatic heterocycles. The molecule has 2 heterocycles. The van der Waals surface area contributed by atoms with E-state index in [-0.39, 0.29) is 23.8 Å². The molecule has 0 spiro atoms. The average molecular weight is 475 g/mol. The van der Waals surface area contributed by atoms with Crippen LogP contribution in [0, 0.1) is 5.82 Å². The molecule has 6 nitrogen and oxygen atoms in total. The first-order valence-corrected chi connectivity index (χ1v) is 11.5. The summed E-state index contributed by atoms with van der Waals surface area (Å²) in [6, 6.07) is 13.4. The number of carbonyl (C=O) groups excluding carboxylic acids is 2. The fraction of sp³-hybridized carbons (Fsp3) is 0.250. The van der Waals surface area contributed by atoms with Crippen LogP contribution in [0.15, 0.2) is 72.6 Å². The van der Waals surface area contributed by atoms with Crippen molar-refractivity contribution in [2.75, 3.05) is 6.61 Å². The molecule has 1 aliphatic rings. The van der Waals surface area contributed by atoms with Crippen LogP contribution in [0.5, 0.6) is 5.75 Å². The molecule has 0 radical (unpaired) electrons. The van der Waals surface area contributed by atoms with Gasteiger partial charge >= 0.3 is 0 Å². The molecule has 180 valence electrons. The number of benzene rings is 2. The molecule has 1 saturated heterocycles. The van der Waals surface area contributed by atoms with Crippen molar-refractivity contribution >= 4 is 17.4 Å². The van der Waals surface area contributed by atoms with E-state index in [1.54, 1.807) is 42.7 Å². The zero-order valence-corrected chi connectivity index (χ0v) is 19.9. The largest absolute Gasteiger partial charge is 0.507 e. The molecule has 1 unspecified atom stereocenters. The molecule has 1 N–H and O–H groups in total. The Bertz CT molecular complexity index is 1270. The molecule has 0 bridgehead atoms. The third-order valence-electron chi connectivity index (χ3n) is 6.01. The van der Waals surface area contributed by atoms with Crippen LogP contribution >= 0.6 is 0 Å². The van der Waals surface area contributed by atoms with Crippen molar-refractivity contribution in [3.63, 3.8) is 0 Å². The Morgan fingerprint density at radius 2 is 1.89 bits per heavy atom. The van der Waals surface area contributed by atoms with Gasteiger partial charge in [0.15, 0.2) is 0 Å². The second kappa shape index (κ2) is 10.1. The monoisotopic (exact) mass is 474 g/mol. The number of amides is 1. The molecular formula is C28H27FN2O4. The minimum absolute atomic E-state index is 0.0376. The molecule has 4 rings (SSSR count). The molecular weight excluding hydrogens is 447 g/mol. The van der Waals surface area contributed by atoms with Gasteiger partial charge in [-0.05, 0) is 65.9 Å². The first-order chi connectivity index (χ1) is 16.8. The number of aromatic nitrogens is 1. The summed E-state index contributed by atoms with van der Waals surface area (Å²) in [5.74, 6) is -1.45. The van der Waals surface area contributed by atoms with Crippen molar-refractivity contribution in [3.8, 4) is 5.75 Å². The smallest absolute Gasteiger partial charge is 0.295 e. The lowest BCUT2D eigenvalue weighted by Gasteiger charge is -2.25. The van der Waals surface area contributed by atoms with Crippen LogP contribution in [0.3, 0.4) is 0 Å². The normalized spacial score (nSPS) is 17.3. The first kappa shape index (κ1) is 24.1. The van der Waals surface area contributed by atoms with Gasteiger partial charge in [-0.1, -0.05) is 32.0 Å². The van der Waals surface area contributed by atoms with Crippen molar-refractivity contribution in [2.24, 2.45) is 0 Å². The number of pyridine rings is 1. The van der Waals surface area contributed by atoms with Crippen molar-refractivity contribution in [3.05, 3.63) is 101 Å². The molecule has 2 aromatic carbocycles. The van der Waals surface area contributed by atoms with Crippen LogP contribution in [0.2, 0.25) is 0 Å². The van der Waals surface area contributed by atoms with Crippen LogP contribution in [-0.2, 0) is 16.1 Å². The van der Waals surface area contributed by atoms with E-state index >= 15 is 0 Å². The minimum atomic E-state index is -0.884. The van der Waals surface area contributed by atoms with E-state index < -0.39 is 23.5 Å². The van der Waals surface area contributed by atoms with Crippen molar-refractivity contribution in [1.29, 1.82) is 0 Å². The molecule has 35 heavy (non-hydrogen) atoms. The second-order valence-electron chi connectivity index (χ2n) is 8.68. The van der Waals surface area contributed by atoms with Gasteiger partial charge in [0.2, 0.25) is 0 Å². The zero-order chi connectivity index (χ0) is 25.1. The molecule has 0 aliphatic carbocycles. The van der Waals surface area contributed by atoms with Crippen molar-refractivity contribution < 1.29 is 23.8 Å². The van der Waals surface area contributed by atoms with E-state index in [2.05, 4.69) is 4.98 Å². The topological polar surface area (TPSA) is 79.7 Å². The van der Waals surface area contributed by atoms with Crippen LogP contribution in [0.25, 0.3) is 5.76 Å². The van der Waals surface area contributed by atoms with Gasteiger partial charge in [-0.2, -0.15) is 0 Å². The predicted molar refractivity (Wildman–Crippen MR) is 130 cm³/mol. The van der Waals surface area contributed by atoms with Crippen LogP contribution in [0.1, 0.15) is 55.0 Å². The van der Waals surface area contributed by atoms with Crippen LogP contribution in [-0.4, -0.2) is 33.3 Å². The van der Waals surface area contributed by atoms with Crippen molar-refractivity contribution in [1.82, 2.24) is 9.88 Å². The van der Waals surface area contributed by atoms with E-state index in [1.165, 1.54) is 29.2 Å². The van der Waals surface area contributed by atoms with Gasteiger partial charge in [0.05, 0.1) is 18.2 Å². The van der Waals surface area contributed by atoms with Crippen LogP contribution < -0.4 is 4.74 Å². The van der Waals surface area contributed by atoms with E-state index in [4.69, 9.17) is 4.74 Å². The van der Waals surface area contributed by atoms with E-state index in [1.807, 2.05) is 20.8 Å². The Kier molecular flexibility index (Phi) is 6.96. The minimum Gasteiger partial charge on any atom is -0.507 e. The lowest BCUT2D eigenvalue weighted by molar-refractivity contribution is -0.140. The molecule has 1 aliphatic heterocycles. The fourth-order valence-electron chi connectivity index (χ4n) is 4.31. The SMILES string of the molecule is CCOc1ccc(/C(O)=C2/C(=O)C(=O)N(Cc3cccnc3)C2c2ccc(F)cc2)cc1C(C)C. The number of rotatable bonds is 7. The predicted octanol–water partition coefficient (Wildman–Crippen LogP) is 5.36. The Hall–Kier alpha value is -4.00. The number of aliphatic hydroxyl groups excluding tert-OH is 1. The Morgan fingerprint density at radius 1 is 1.14 bits per heavy atom. The first-order valence-electron chi connectivity index (χ1n) is 11.5. The van der Waals surface area contributed by atoms with Crippen molar-refractivity contribution in [2.45, 2.75) is 39.3 Å². The summed E-state index contributed by atoms with van der Waals surface area (Å²) in [6.45, 7) is 6.51. The molecule has 1 atom stereocenters. The molecule has 3 aromatic rings. The van der Waals surface area contributed by atoms with E-state index in [0.29, 0.717) is 23.5 Å². The highest BCUT2D eigenvalue weighted by Gasteiger charge is 2.46. The van der Waals surface area contributed by atoms with E-state index in [0.717, 1.165) is 11.1 Å². The third kappa shape index (κ3) is 4.80. The van der Waals surface area contributed by atoms with Crippen LogP contribution in [0.4, 0.5) is 4.39 Å². The molecule has 1 fully saturated rings. The van der Waals surface area contributed by atoms with Gasteiger partial charge in [0.1, 0.15) is 17.3 Å². The van der Waals surface area contributed by atoms with Gasteiger partial charge in [0.25, 0.3) is 11.7 Å². The maximum Gasteiger partial charge on any atom is 0.295 e. The third-order valence-corrected chi connectivity index (χ3v) is 6.01. The maximum atomic E-state index is 13.7. The van der Waals surface area contributed by atoms with E-state index in [9.17, 15) is 19.1 Å². The number of hydrogen-bond donors (Lipinski definition) is 1. The Morgan fingerprint density at radius 3 is 2.51 bits per heavy atom. The average Bonchev–Trinajstić information content (AvgIpc) is 3.10. The number of aliphatic hydroxyl groups is 1. The summed E-state index contributed by atoms with van der Waals surface area (Å²) < 4.78 is 19.4. The number of likely N-dealkylation sites (tertiary alicyclic amines) is 1. The highest BCUT2D eigenvalue weighted by atomic mass is 19.1. The standard InChI is InChI=1S/C28H27FN2O4/c1-4-35-23-12-9-20(14-22(23)17(2)3)26(32)24-25(19-7-10-21(29)11-8-19)31(28(34)27(24)33)16-18-6-5-13-30-15-18/h5-15,17,25,32H,4,16H2,1-3H3/b26-24-. The summed E-state index contributed by atoms with van der Waals surface area (Å²) in [4.78, 5) is 31.8. The molecule has 7 heteroatoms. The number of Topliss-reactive ketones (excluding diaryl/α,β-unsaturated/α-hetero) is 1. The zero-order valence-electron chi connectivity index (χ0n) is 19.9. The maximum absolute atomic E-state index is 13.7. The summed E-state index contributed by atoms with van der Waals surface area (Å²) in [6.07, 6.45) is 3.23. The number of ether oxygens (including phenoxy) is 1. The lowest BCUT2D eigenvalue weighted by Crippen LogP contribution is -2.29. The lowest BCUT2D eigenvalue weighted by atomic mass is 9.93. The highest BCUT2D eigenvalue weighted by Crippen LogP contribution is 2.41. The number of hydrogen-bond acceptors (Lipinski definition) is 5. The quantitative estimate of drug-likeness (QED) is 0.283. The van der Waals surface area contributed by atoms with Gasteiger partial charge in [-0.3, -0.25) is 14.6 Å². The summed E-state index contributed by atoms with van der Waals surface area (Å²) >= 11 is 0. The Labute approximate surface area is 203 Å².